The van der Waals surface area contributed by atoms with Gasteiger partial charge in [-0.05, 0) is 37.6 Å². The van der Waals surface area contributed by atoms with E-state index in [1.807, 2.05) is 13.8 Å². The number of rotatable bonds is 3. The molecule has 0 saturated carbocycles. The summed E-state index contributed by atoms with van der Waals surface area (Å²) in [7, 11) is 0. The molecule has 98 valence electrons. The Kier molecular flexibility index (Phi) is 3.66. The molecule has 0 saturated heterocycles. The third-order valence-electron chi connectivity index (χ3n) is 2.61. The van der Waals surface area contributed by atoms with Crippen molar-refractivity contribution in [3.05, 3.63) is 46.4 Å². The second kappa shape index (κ2) is 5.24. The third kappa shape index (κ3) is 2.82. The maximum absolute atomic E-state index is 10.4. The smallest absolute Gasteiger partial charge is 0.328 e. The molecular weight excluding hydrogens is 266 g/mol. The number of nitrogens with zero attached hydrogens (tertiary/aromatic N) is 3. The average molecular weight is 278 g/mol. The molecule has 6 heteroatoms. The second-order valence-electron chi connectivity index (χ2n) is 4.02. The Bertz CT molecular complexity index is 645. The maximum Gasteiger partial charge on any atom is 0.328 e. The zero-order chi connectivity index (χ0) is 14.0. The lowest BCUT2D eigenvalue weighted by molar-refractivity contribution is -0.131. The van der Waals surface area contributed by atoms with Gasteiger partial charge < -0.3 is 5.11 Å². The summed E-state index contributed by atoms with van der Waals surface area (Å²) in [6.07, 6.45) is 4.13. The highest BCUT2D eigenvalue weighted by atomic mass is 35.5. The molecule has 0 aliphatic carbocycles. The number of carboxylic acid groups (broad SMARTS) is 1. The molecule has 5 nitrogen and oxygen atoms in total. The van der Waals surface area contributed by atoms with Crippen molar-refractivity contribution < 1.29 is 9.90 Å². The highest BCUT2D eigenvalue weighted by Gasteiger charge is 2.10. The molecule has 0 unspecified atom stereocenters. The van der Waals surface area contributed by atoms with E-state index in [9.17, 15) is 4.79 Å². The highest BCUT2D eigenvalue weighted by molar-refractivity contribution is 6.31. The van der Waals surface area contributed by atoms with Crippen LogP contribution in [0.5, 0.6) is 0 Å². The van der Waals surface area contributed by atoms with Crippen molar-refractivity contribution in [1.82, 2.24) is 14.8 Å². The summed E-state index contributed by atoms with van der Waals surface area (Å²) in [6.45, 7) is 3.69. The molecule has 0 atom stereocenters. The van der Waals surface area contributed by atoms with Crippen LogP contribution < -0.4 is 0 Å². The molecule has 0 aliphatic heterocycles. The van der Waals surface area contributed by atoms with Gasteiger partial charge in [-0.3, -0.25) is 0 Å². The minimum atomic E-state index is -0.991. The zero-order valence-corrected chi connectivity index (χ0v) is 11.2. The summed E-state index contributed by atoms with van der Waals surface area (Å²) in [5.41, 5.74) is 2.27. The van der Waals surface area contributed by atoms with Crippen molar-refractivity contribution in [3.8, 4) is 5.82 Å². The number of hydrogen-bond donors (Lipinski definition) is 1. The Morgan fingerprint density at radius 3 is 2.63 bits per heavy atom. The first-order chi connectivity index (χ1) is 8.99. The molecule has 2 heterocycles. The van der Waals surface area contributed by atoms with Crippen LogP contribution in [0.4, 0.5) is 0 Å². The minimum absolute atomic E-state index is 0.622. The molecule has 0 aromatic carbocycles. The first-order valence-electron chi connectivity index (χ1n) is 5.58. The van der Waals surface area contributed by atoms with Gasteiger partial charge in [0.1, 0.15) is 0 Å². The minimum Gasteiger partial charge on any atom is -0.478 e. The SMILES string of the molecule is Cc1nn(-c2ccc(/C=C/C(=O)O)cn2)c(C)c1Cl. The Morgan fingerprint density at radius 2 is 2.16 bits per heavy atom. The normalized spacial score (nSPS) is 11.1. The summed E-state index contributed by atoms with van der Waals surface area (Å²) in [5, 5.41) is 13.5. The fraction of sp³-hybridized carbons (Fsp3) is 0.154. The number of carbonyl (C=O) groups is 1. The van der Waals surface area contributed by atoms with E-state index in [0.717, 1.165) is 17.5 Å². The first-order valence-corrected chi connectivity index (χ1v) is 5.96. The Balaban J connectivity index is 2.32. The Labute approximate surface area is 115 Å². The number of halogens is 1. The molecule has 0 aliphatic rings. The number of pyridine rings is 1. The predicted molar refractivity (Wildman–Crippen MR) is 72.5 cm³/mol. The van der Waals surface area contributed by atoms with Gasteiger partial charge in [-0.15, -0.1) is 0 Å². The van der Waals surface area contributed by atoms with Gasteiger partial charge in [-0.2, -0.15) is 5.10 Å². The Morgan fingerprint density at radius 1 is 1.42 bits per heavy atom. The second-order valence-corrected chi connectivity index (χ2v) is 4.40. The largest absolute Gasteiger partial charge is 0.478 e. The van der Waals surface area contributed by atoms with E-state index >= 15 is 0 Å². The van der Waals surface area contributed by atoms with E-state index in [0.29, 0.717) is 16.4 Å². The number of hydrogen-bond acceptors (Lipinski definition) is 3. The standard InChI is InChI=1S/C13H12ClN3O2/c1-8-13(14)9(2)17(16-8)11-5-3-10(7-15-11)4-6-12(18)19/h3-7H,1-2H3,(H,18,19)/b6-4+. The average Bonchev–Trinajstić information content (AvgIpc) is 2.65. The van der Waals surface area contributed by atoms with Crippen LogP contribution in [0.25, 0.3) is 11.9 Å². The molecule has 2 aromatic rings. The maximum atomic E-state index is 10.4. The number of aliphatic carboxylic acids is 1. The van der Waals surface area contributed by atoms with Crippen LogP contribution >= 0.6 is 11.6 Å². The molecule has 0 fully saturated rings. The topological polar surface area (TPSA) is 68.0 Å². The first kappa shape index (κ1) is 13.3. The zero-order valence-electron chi connectivity index (χ0n) is 10.5. The fourth-order valence-electron chi connectivity index (χ4n) is 1.64. The van der Waals surface area contributed by atoms with Gasteiger partial charge in [0.05, 0.1) is 16.4 Å². The molecule has 2 rings (SSSR count). The lowest BCUT2D eigenvalue weighted by Crippen LogP contribution is -2.01. The summed E-state index contributed by atoms with van der Waals surface area (Å²) >= 11 is 6.08. The quantitative estimate of drug-likeness (QED) is 0.876. The van der Waals surface area contributed by atoms with Crippen molar-refractivity contribution in [1.29, 1.82) is 0 Å². The lowest BCUT2D eigenvalue weighted by Gasteiger charge is -2.03. The molecule has 0 bridgehead atoms. The van der Waals surface area contributed by atoms with Crippen LogP contribution in [0.2, 0.25) is 5.02 Å². The van der Waals surface area contributed by atoms with Crippen LogP contribution in [-0.4, -0.2) is 25.8 Å². The van der Waals surface area contributed by atoms with Gasteiger partial charge in [0, 0.05) is 12.3 Å². The van der Waals surface area contributed by atoms with E-state index < -0.39 is 5.97 Å². The van der Waals surface area contributed by atoms with Gasteiger partial charge >= 0.3 is 5.97 Å². The van der Waals surface area contributed by atoms with Crippen molar-refractivity contribution in [2.75, 3.05) is 0 Å². The van der Waals surface area contributed by atoms with E-state index in [1.54, 1.807) is 23.0 Å². The summed E-state index contributed by atoms with van der Waals surface area (Å²) in [6, 6.07) is 3.53. The third-order valence-corrected chi connectivity index (χ3v) is 3.16. The number of aromatic nitrogens is 3. The summed E-state index contributed by atoms with van der Waals surface area (Å²) < 4.78 is 1.66. The van der Waals surface area contributed by atoms with E-state index in [4.69, 9.17) is 16.7 Å². The van der Waals surface area contributed by atoms with Gasteiger partial charge in [0.15, 0.2) is 5.82 Å². The number of aryl methyl sites for hydroxylation is 1. The molecule has 2 aromatic heterocycles. The van der Waals surface area contributed by atoms with Crippen molar-refractivity contribution >= 4 is 23.6 Å². The van der Waals surface area contributed by atoms with E-state index in [2.05, 4.69) is 10.1 Å². The van der Waals surface area contributed by atoms with Gasteiger partial charge in [-0.25, -0.2) is 14.5 Å². The van der Waals surface area contributed by atoms with Crippen molar-refractivity contribution in [2.45, 2.75) is 13.8 Å². The summed E-state index contributed by atoms with van der Waals surface area (Å²) in [5.74, 6) is -0.352. The summed E-state index contributed by atoms with van der Waals surface area (Å²) in [4.78, 5) is 14.6. The van der Waals surface area contributed by atoms with E-state index in [-0.39, 0.29) is 0 Å². The van der Waals surface area contributed by atoms with Gasteiger partial charge in [-0.1, -0.05) is 11.6 Å². The highest BCUT2D eigenvalue weighted by Crippen LogP contribution is 2.21. The van der Waals surface area contributed by atoms with Crippen molar-refractivity contribution in [3.63, 3.8) is 0 Å². The fourth-order valence-corrected chi connectivity index (χ4v) is 1.75. The molecule has 0 radical (unpaired) electrons. The number of carboxylic acids is 1. The van der Waals surface area contributed by atoms with Gasteiger partial charge in [0.2, 0.25) is 0 Å². The van der Waals surface area contributed by atoms with Crippen LogP contribution in [0.15, 0.2) is 24.4 Å². The molecule has 0 spiro atoms. The Hall–Kier alpha value is -2.14. The van der Waals surface area contributed by atoms with Crippen LogP contribution in [0, 0.1) is 13.8 Å². The predicted octanol–water partition coefficient (Wildman–Crippen LogP) is 2.64. The van der Waals surface area contributed by atoms with Crippen LogP contribution in [0.1, 0.15) is 17.0 Å². The van der Waals surface area contributed by atoms with E-state index in [1.165, 1.54) is 6.08 Å². The molecule has 0 amide bonds. The lowest BCUT2D eigenvalue weighted by atomic mass is 10.2. The molecule has 19 heavy (non-hydrogen) atoms. The van der Waals surface area contributed by atoms with Gasteiger partial charge in [0.25, 0.3) is 0 Å². The molecule has 1 N–H and O–H groups in total. The van der Waals surface area contributed by atoms with Crippen LogP contribution in [-0.2, 0) is 4.79 Å². The van der Waals surface area contributed by atoms with Crippen molar-refractivity contribution in [2.24, 2.45) is 0 Å². The van der Waals surface area contributed by atoms with Crippen LogP contribution in [0.3, 0.4) is 0 Å². The molecular formula is C13H12ClN3O2. The monoisotopic (exact) mass is 277 g/mol.